The molecule has 1 aliphatic heterocycles. The van der Waals surface area contributed by atoms with Crippen LogP contribution in [-0.4, -0.2) is 60.5 Å². The van der Waals surface area contributed by atoms with Crippen LogP contribution in [0.1, 0.15) is 25.5 Å². The molecule has 2 N–H and O–H groups in total. The molecule has 0 saturated carbocycles. The molecule has 1 atom stereocenters. The summed E-state index contributed by atoms with van der Waals surface area (Å²) in [6.07, 6.45) is 2.66. The van der Waals surface area contributed by atoms with Crippen molar-refractivity contribution in [3.8, 4) is 0 Å². The third-order valence-corrected chi connectivity index (χ3v) is 4.31. The van der Waals surface area contributed by atoms with E-state index >= 15 is 0 Å². The molecule has 126 valence electrons. The molecule has 1 aliphatic rings. The third kappa shape index (κ3) is 4.68. The molecule has 9 nitrogen and oxygen atoms in total. The van der Waals surface area contributed by atoms with Crippen LogP contribution >= 0.6 is 11.8 Å². The summed E-state index contributed by atoms with van der Waals surface area (Å²) in [6, 6.07) is -0.465. The van der Waals surface area contributed by atoms with E-state index in [1.807, 2.05) is 6.92 Å². The van der Waals surface area contributed by atoms with Crippen molar-refractivity contribution in [1.29, 1.82) is 0 Å². The van der Waals surface area contributed by atoms with Crippen molar-refractivity contribution in [2.45, 2.75) is 38.9 Å². The van der Waals surface area contributed by atoms with E-state index in [4.69, 9.17) is 5.11 Å². The number of aromatic nitrogens is 3. The Morgan fingerprint density at radius 3 is 2.96 bits per heavy atom. The second kappa shape index (κ2) is 7.95. The third-order valence-electron chi connectivity index (χ3n) is 3.30. The number of aliphatic carboxylic acids is 1. The largest absolute Gasteiger partial charge is 0.480 e. The Labute approximate surface area is 137 Å². The van der Waals surface area contributed by atoms with E-state index < -0.39 is 12.0 Å². The number of carbonyl (C=O) groups excluding carboxylic acids is 2. The molecule has 0 aliphatic carbocycles. The molecule has 23 heavy (non-hydrogen) atoms. The summed E-state index contributed by atoms with van der Waals surface area (Å²) in [6.45, 7) is 1.80. The van der Waals surface area contributed by atoms with Gasteiger partial charge in [0.15, 0.2) is 0 Å². The number of hydrogen-bond donors (Lipinski definition) is 2. The highest BCUT2D eigenvalue weighted by Crippen LogP contribution is 2.22. The smallest absolute Gasteiger partial charge is 0.325 e. The fourth-order valence-corrected chi connectivity index (χ4v) is 3.37. The summed E-state index contributed by atoms with van der Waals surface area (Å²) >= 11 is 1.55. The lowest BCUT2D eigenvalue weighted by Crippen LogP contribution is -2.47. The predicted octanol–water partition coefficient (Wildman–Crippen LogP) is -0.319. The molecule has 2 amide bonds. The first-order valence-electron chi connectivity index (χ1n) is 7.27. The second-order valence-electron chi connectivity index (χ2n) is 5.15. The van der Waals surface area contributed by atoms with Crippen molar-refractivity contribution in [2.24, 2.45) is 0 Å². The number of amides is 2. The molecule has 10 heteroatoms. The van der Waals surface area contributed by atoms with E-state index in [0.29, 0.717) is 23.7 Å². The maximum atomic E-state index is 12.3. The highest BCUT2D eigenvalue weighted by molar-refractivity contribution is 7.99. The quantitative estimate of drug-likeness (QED) is 0.698. The van der Waals surface area contributed by atoms with E-state index in [1.165, 1.54) is 10.9 Å². The van der Waals surface area contributed by atoms with Crippen molar-refractivity contribution in [2.75, 3.05) is 11.6 Å². The predicted molar refractivity (Wildman–Crippen MR) is 82.4 cm³/mol. The SMILES string of the molecule is CCCC(=O)N1CSCC1C(=O)NCc1cn(CC(=O)O)nn1. The zero-order valence-electron chi connectivity index (χ0n) is 12.8. The molecule has 0 spiro atoms. The fourth-order valence-electron chi connectivity index (χ4n) is 2.19. The van der Waals surface area contributed by atoms with Crippen molar-refractivity contribution >= 4 is 29.5 Å². The number of carbonyl (C=O) groups is 3. The average molecular weight is 341 g/mol. The number of carboxylic acid groups (broad SMARTS) is 1. The van der Waals surface area contributed by atoms with Gasteiger partial charge in [0.05, 0.1) is 18.6 Å². The standard InChI is InChI=1S/C13H19N5O4S/c1-2-3-11(19)18-8-23-7-10(18)13(22)14-4-9-5-17(16-15-9)6-12(20)21/h5,10H,2-4,6-8H2,1H3,(H,14,22)(H,20,21). The topological polar surface area (TPSA) is 117 Å². The highest BCUT2D eigenvalue weighted by atomic mass is 32.2. The lowest BCUT2D eigenvalue weighted by molar-refractivity contribution is -0.138. The van der Waals surface area contributed by atoms with Crippen LogP contribution in [0.15, 0.2) is 6.20 Å². The summed E-state index contributed by atoms with van der Waals surface area (Å²) in [7, 11) is 0. The van der Waals surface area contributed by atoms with Crippen LogP contribution in [0.3, 0.4) is 0 Å². The number of hydrogen-bond acceptors (Lipinski definition) is 6. The minimum atomic E-state index is -1.02. The molecule has 2 rings (SSSR count). The monoisotopic (exact) mass is 341 g/mol. The fraction of sp³-hybridized carbons (Fsp3) is 0.615. The van der Waals surface area contributed by atoms with E-state index in [1.54, 1.807) is 16.7 Å². The molecule has 2 heterocycles. The highest BCUT2D eigenvalue weighted by Gasteiger charge is 2.33. The summed E-state index contributed by atoms with van der Waals surface area (Å²) in [5, 5.41) is 18.9. The van der Waals surface area contributed by atoms with Crippen molar-refractivity contribution in [3.05, 3.63) is 11.9 Å². The van der Waals surface area contributed by atoms with Crippen LogP contribution in [0.25, 0.3) is 0 Å². The van der Waals surface area contributed by atoms with Gasteiger partial charge in [-0.25, -0.2) is 4.68 Å². The molecule has 1 aromatic heterocycles. The summed E-state index contributed by atoms with van der Waals surface area (Å²) in [4.78, 5) is 36.4. The van der Waals surface area contributed by atoms with E-state index in [2.05, 4.69) is 15.6 Å². The molecule has 1 unspecified atom stereocenters. The summed E-state index contributed by atoms with van der Waals surface area (Å²) < 4.78 is 1.19. The maximum Gasteiger partial charge on any atom is 0.325 e. The average Bonchev–Trinajstić information content (AvgIpc) is 3.13. The van der Waals surface area contributed by atoms with E-state index in [9.17, 15) is 14.4 Å². The van der Waals surface area contributed by atoms with Crippen LogP contribution in [-0.2, 0) is 27.5 Å². The van der Waals surface area contributed by atoms with Gasteiger partial charge in [-0.1, -0.05) is 12.1 Å². The Morgan fingerprint density at radius 1 is 1.48 bits per heavy atom. The van der Waals surface area contributed by atoms with Crippen molar-refractivity contribution in [3.63, 3.8) is 0 Å². The molecule has 1 aromatic rings. The molecule has 0 aromatic carbocycles. The van der Waals surface area contributed by atoms with Gasteiger partial charge in [-0.2, -0.15) is 0 Å². The number of nitrogens with zero attached hydrogens (tertiary/aromatic N) is 4. The minimum Gasteiger partial charge on any atom is -0.480 e. The van der Waals surface area contributed by atoms with Gasteiger partial charge in [-0.05, 0) is 6.42 Å². The van der Waals surface area contributed by atoms with Crippen molar-refractivity contribution in [1.82, 2.24) is 25.2 Å². The molecule has 0 radical (unpaired) electrons. The second-order valence-corrected chi connectivity index (χ2v) is 6.15. The van der Waals surface area contributed by atoms with Crippen LogP contribution < -0.4 is 5.32 Å². The van der Waals surface area contributed by atoms with Crippen LogP contribution in [0.2, 0.25) is 0 Å². The number of carboxylic acids is 1. The zero-order chi connectivity index (χ0) is 16.8. The van der Waals surface area contributed by atoms with Gasteiger partial charge in [0, 0.05) is 12.2 Å². The van der Waals surface area contributed by atoms with Gasteiger partial charge in [0.1, 0.15) is 18.3 Å². The number of nitrogens with one attached hydrogen (secondary N) is 1. The van der Waals surface area contributed by atoms with Crippen LogP contribution in [0.5, 0.6) is 0 Å². The summed E-state index contributed by atoms with van der Waals surface area (Å²) in [5.41, 5.74) is 0.469. The van der Waals surface area contributed by atoms with Gasteiger partial charge in [-0.15, -0.1) is 16.9 Å². The lowest BCUT2D eigenvalue weighted by Gasteiger charge is -2.22. The van der Waals surface area contributed by atoms with E-state index in [0.717, 1.165) is 6.42 Å². The lowest BCUT2D eigenvalue weighted by atomic mass is 10.2. The number of rotatable bonds is 7. The Morgan fingerprint density at radius 2 is 2.26 bits per heavy atom. The van der Waals surface area contributed by atoms with Gasteiger partial charge in [-0.3, -0.25) is 14.4 Å². The van der Waals surface area contributed by atoms with Crippen LogP contribution in [0.4, 0.5) is 0 Å². The Balaban J connectivity index is 1.87. The minimum absolute atomic E-state index is 0.00921. The van der Waals surface area contributed by atoms with Crippen molar-refractivity contribution < 1.29 is 19.5 Å². The first kappa shape index (κ1) is 17.3. The molecular weight excluding hydrogens is 322 g/mol. The number of thioether (sulfide) groups is 1. The van der Waals surface area contributed by atoms with Gasteiger partial charge >= 0.3 is 5.97 Å². The first-order chi connectivity index (χ1) is 11.0. The molecule has 1 saturated heterocycles. The van der Waals surface area contributed by atoms with Gasteiger partial charge in [0.2, 0.25) is 11.8 Å². The summed E-state index contributed by atoms with van der Waals surface area (Å²) in [5.74, 6) is -0.144. The Kier molecular flexibility index (Phi) is 5.97. The molecule has 0 bridgehead atoms. The molecular formula is C13H19N5O4S. The van der Waals surface area contributed by atoms with Crippen LogP contribution in [0, 0.1) is 0 Å². The van der Waals surface area contributed by atoms with Gasteiger partial charge < -0.3 is 15.3 Å². The maximum absolute atomic E-state index is 12.3. The Bertz CT molecular complexity index is 591. The van der Waals surface area contributed by atoms with E-state index in [-0.39, 0.29) is 24.9 Å². The normalized spacial score (nSPS) is 17.3. The first-order valence-corrected chi connectivity index (χ1v) is 8.42. The molecule has 1 fully saturated rings. The van der Waals surface area contributed by atoms with Gasteiger partial charge in [0.25, 0.3) is 0 Å². The Hall–Kier alpha value is -2.10. The zero-order valence-corrected chi connectivity index (χ0v) is 13.6.